The second-order valence-corrected chi connectivity index (χ2v) is 8.19. The Labute approximate surface area is 194 Å². The molecular weight excluding hydrogens is 440 g/mol. The van der Waals surface area contributed by atoms with Gasteiger partial charge in [0.2, 0.25) is 5.91 Å². The largest absolute Gasteiger partial charge is 0.324 e. The maximum atomic E-state index is 14.9. The highest BCUT2D eigenvalue weighted by Gasteiger charge is 2.42. The molecule has 172 valence electrons. The molecule has 1 N–H and O–H groups in total. The lowest BCUT2D eigenvalue weighted by atomic mass is 10.0. The van der Waals surface area contributed by atoms with Gasteiger partial charge in [-0.05, 0) is 55.3 Å². The van der Waals surface area contributed by atoms with E-state index in [0.29, 0.717) is 29.6 Å². The van der Waals surface area contributed by atoms with Crippen LogP contribution >= 0.6 is 0 Å². The van der Waals surface area contributed by atoms with Crippen molar-refractivity contribution in [2.75, 3.05) is 5.32 Å². The van der Waals surface area contributed by atoms with E-state index in [1.54, 1.807) is 18.2 Å². The standard InChI is InChI=1S/C25H21F2N5O2/c26-16-9-11-17(12-10-16)28-25(34)24(19-5-1-2-6-20(19)27)32(18-13-14-18)23(33)15-31-22-8-4-3-7-21(22)29-30-31/h1-12,18,24H,13-15H2,(H,28,34)/t24-/m0/s1. The number of aromatic nitrogens is 3. The quantitative estimate of drug-likeness (QED) is 0.450. The molecule has 1 saturated carbocycles. The molecule has 7 nitrogen and oxygen atoms in total. The number of halogens is 2. The Balaban J connectivity index is 1.49. The predicted octanol–water partition coefficient (Wildman–Crippen LogP) is 4.08. The number of nitrogens with one attached hydrogen (secondary N) is 1. The van der Waals surface area contributed by atoms with Gasteiger partial charge in [-0.3, -0.25) is 9.59 Å². The maximum absolute atomic E-state index is 14.9. The van der Waals surface area contributed by atoms with Gasteiger partial charge in [0, 0.05) is 17.3 Å². The normalized spacial score (nSPS) is 14.1. The third kappa shape index (κ3) is 4.36. The summed E-state index contributed by atoms with van der Waals surface area (Å²) in [5.74, 6) is -1.99. The highest BCUT2D eigenvalue weighted by atomic mass is 19.1. The van der Waals surface area contributed by atoms with Crippen LogP contribution in [0.4, 0.5) is 14.5 Å². The predicted molar refractivity (Wildman–Crippen MR) is 122 cm³/mol. The Morgan fingerprint density at radius 3 is 2.44 bits per heavy atom. The molecular formula is C25H21F2N5O2. The van der Waals surface area contributed by atoms with Gasteiger partial charge in [0.25, 0.3) is 5.91 Å². The lowest BCUT2D eigenvalue weighted by molar-refractivity contribution is -0.140. The molecule has 0 radical (unpaired) electrons. The van der Waals surface area contributed by atoms with E-state index in [4.69, 9.17) is 0 Å². The van der Waals surface area contributed by atoms with Crippen molar-refractivity contribution in [3.63, 3.8) is 0 Å². The number of amides is 2. The number of fused-ring (bicyclic) bond motifs is 1. The molecule has 0 aliphatic heterocycles. The van der Waals surface area contributed by atoms with E-state index in [2.05, 4.69) is 15.6 Å². The lowest BCUT2D eigenvalue weighted by Crippen LogP contribution is -2.44. The van der Waals surface area contributed by atoms with E-state index in [0.717, 1.165) is 0 Å². The summed E-state index contributed by atoms with van der Waals surface area (Å²) in [6, 6.07) is 17.0. The van der Waals surface area contributed by atoms with Crippen LogP contribution < -0.4 is 5.32 Å². The summed E-state index contributed by atoms with van der Waals surface area (Å²) < 4.78 is 29.7. The van der Waals surface area contributed by atoms with Gasteiger partial charge in [-0.15, -0.1) is 5.10 Å². The highest BCUT2D eigenvalue weighted by molar-refractivity contribution is 5.98. The summed E-state index contributed by atoms with van der Waals surface area (Å²) in [5, 5.41) is 10.9. The van der Waals surface area contributed by atoms with Crippen LogP contribution in [0.1, 0.15) is 24.4 Å². The summed E-state index contributed by atoms with van der Waals surface area (Å²) in [6.45, 7) is -0.147. The van der Waals surface area contributed by atoms with Crippen LogP contribution in [-0.4, -0.2) is 37.7 Å². The van der Waals surface area contributed by atoms with Crippen LogP contribution in [0.3, 0.4) is 0 Å². The van der Waals surface area contributed by atoms with Gasteiger partial charge in [-0.1, -0.05) is 35.5 Å². The second-order valence-electron chi connectivity index (χ2n) is 8.19. The van der Waals surface area contributed by atoms with Crippen molar-refractivity contribution in [1.29, 1.82) is 0 Å². The van der Waals surface area contributed by atoms with Crippen LogP contribution in [0.25, 0.3) is 11.0 Å². The van der Waals surface area contributed by atoms with Crippen molar-refractivity contribution in [2.24, 2.45) is 0 Å². The van der Waals surface area contributed by atoms with E-state index in [-0.39, 0.29) is 24.1 Å². The molecule has 0 unspecified atom stereocenters. The van der Waals surface area contributed by atoms with Crippen LogP contribution in [-0.2, 0) is 16.1 Å². The van der Waals surface area contributed by atoms with Crippen molar-refractivity contribution in [3.05, 3.63) is 90.0 Å². The minimum absolute atomic E-state index is 0.0887. The number of hydrogen-bond donors (Lipinski definition) is 1. The first kappa shape index (κ1) is 21.7. The van der Waals surface area contributed by atoms with Crippen molar-refractivity contribution >= 4 is 28.5 Å². The molecule has 1 heterocycles. The third-order valence-electron chi connectivity index (χ3n) is 5.77. The molecule has 0 saturated heterocycles. The fourth-order valence-corrected chi connectivity index (χ4v) is 4.01. The van der Waals surface area contributed by atoms with Crippen molar-refractivity contribution in [1.82, 2.24) is 19.9 Å². The van der Waals surface area contributed by atoms with Gasteiger partial charge < -0.3 is 10.2 Å². The number of carbonyl (C=O) groups excluding carboxylic acids is 2. The molecule has 2 amide bonds. The van der Waals surface area contributed by atoms with E-state index in [1.807, 2.05) is 12.1 Å². The Morgan fingerprint density at radius 1 is 1.00 bits per heavy atom. The first-order valence-corrected chi connectivity index (χ1v) is 10.9. The fourth-order valence-electron chi connectivity index (χ4n) is 4.01. The van der Waals surface area contributed by atoms with Crippen LogP contribution in [0.15, 0.2) is 72.8 Å². The first-order chi connectivity index (χ1) is 16.5. The Bertz CT molecular complexity index is 1350. The van der Waals surface area contributed by atoms with Crippen LogP contribution in [0.5, 0.6) is 0 Å². The minimum atomic E-state index is -1.21. The van der Waals surface area contributed by atoms with Crippen molar-refractivity contribution in [2.45, 2.75) is 31.5 Å². The summed E-state index contributed by atoms with van der Waals surface area (Å²) in [5.41, 5.74) is 1.77. The zero-order chi connectivity index (χ0) is 23.7. The molecule has 0 spiro atoms. The van der Waals surface area contributed by atoms with E-state index >= 15 is 0 Å². The number of para-hydroxylation sites is 1. The van der Waals surface area contributed by atoms with E-state index in [9.17, 15) is 18.4 Å². The number of nitrogens with zero attached hydrogens (tertiary/aromatic N) is 4. The summed E-state index contributed by atoms with van der Waals surface area (Å²) >= 11 is 0. The maximum Gasteiger partial charge on any atom is 0.251 e. The molecule has 1 fully saturated rings. The van der Waals surface area contributed by atoms with E-state index in [1.165, 1.54) is 52.0 Å². The van der Waals surface area contributed by atoms with Crippen molar-refractivity contribution < 1.29 is 18.4 Å². The van der Waals surface area contributed by atoms with Gasteiger partial charge in [-0.2, -0.15) is 0 Å². The average molecular weight is 461 g/mol. The molecule has 34 heavy (non-hydrogen) atoms. The molecule has 0 bridgehead atoms. The molecule has 9 heteroatoms. The van der Waals surface area contributed by atoms with E-state index < -0.39 is 23.6 Å². The lowest BCUT2D eigenvalue weighted by Gasteiger charge is -2.31. The number of carbonyl (C=O) groups is 2. The number of anilines is 1. The third-order valence-corrected chi connectivity index (χ3v) is 5.77. The van der Waals surface area contributed by atoms with Gasteiger partial charge in [0.15, 0.2) is 0 Å². The zero-order valence-corrected chi connectivity index (χ0v) is 18.1. The van der Waals surface area contributed by atoms with Gasteiger partial charge in [0.05, 0.1) is 5.52 Å². The SMILES string of the molecule is O=C(Nc1ccc(F)cc1)[C@H](c1ccccc1F)N(C(=O)Cn1nnc2ccccc21)C1CC1. The molecule has 1 aliphatic rings. The minimum Gasteiger partial charge on any atom is -0.324 e. The van der Waals surface area contributed by atoms with Crippen molar-refractivity contribution in [3.8, 4) is 0 Å². The second kappa shape index (κ2) is 9.01. The topological polar surface area (TPSA) is 80.1 Å². The smallest absolute Gasteiger partial charge is 0.251 e. The van der Waals surface area contributed by atoms with Crippen LogP contribution in [0.2, 0.25) is 0 Å². The molecule has 1 aromatic heterocycles. The number of hydrogen-bond acceptors (Lipinski definition) is 4. The summed E-state index contributed by atoms with van der Waals surface area (Å²) in [4.78, 5) is 28.4. The number of rotatable bonds is 7. The molecule has 5 rings (SSSR count). The Morgan fingerprint density at radius 2 is 1.71 bits per heavy atom. The molecule has 3 aromatic carbocycles. The Hall–Kier alpha value is -4.14. The highest BCUT2D eigenvalue weighted by Crippen LogP contribution is 2.36. The summed E-state index contributed by atoms with van der Waals surface area (Å²) in [7, 11) is 0. The van der Waals surface area contributed by atoms with Crippen LogP contribution in [0, 0.1) is 11.6 Å². The zero-order valence-electron chi connectivity index (χ0n) is 18.1. The molecule has 1 aliphatic carbocycles. The number of benzene rings is 3. The van der Waals surface area contributed by atoms with Gasteiger partial charge in [-0.25, -0.2) is 13.5 Å². The monoisotopic (exact) mass is 461 g/mol. The first-order valence-electron chi connectivity index (χ1n) is 10.9. The van der Waals surface area contributed by atoms with Gasteiger partial charge >= 0.3 is 0 Å². The average Bonchev–Trinajstić information content (AvgIpc) is 3.60. The van der Waals surface area contributed by atoms with Gasteiger partial charge in [0.1, 0.15) is 29.7 Å². The molecule has 4 aromatic rings. The summed E-state index contributed by atoms with van der Waals surface area (Å²) in [6.07, 6.45) is 1.41. The molecule has 1 atom stereocenters. The fraction of sp³-hybridized carbons (Fsp3) is 0.200. The Kier molecular flexibility index (Phi) is 5.75.